The van der Waals surface area contributed by atoms with E-state index < -0.39 is 0 Å². The van der Waals surface area contributed by atoms with Gasteiger partial charge in [-0.3, -0.25) is 4.79 Å². The standard InChI is InChI=1S/C19H20Cl2N4O2S/c1-12-6-17(13(2)25(12)16-8-14(20)7-15(21)9-16)18(26)10-28-19-23-22-11-24(19)4-5-27-3/h6-9,11H,4-5,10H2,1-3H3. The largest absolute Gasteiger partial charge is 0.383 e. The van der Waals surface area contributed by atoms with E-state index in [9.17, 15) is 4.79 Å². The van der Waals surface area contributed by atoms with Gasteiger partial charge in [0.2, 0.25) is 0 Å². The highest BCUT2D eigenvalue weighted by Crippen LogP contribution is 2.27. The Bertz CT molecular complexity index is 980. The molecule has 2 aromatic heterocycles. The van der Waals surface area contributed by atoms with Crippen molar-refractivity contribution >= 4 is 40.7 Å². The smallest absolute Gasteiger partial charge is 0.191 e. The number of benzene rings is 1. The molecule has 0 saturated carbocycles. The number of ether oxygens (including phenoxy) is 1. The average Bonchev–Trinajstić information content (AvgIpc) is 3.20. The number of thioether (sulfide) groups is 1. The normalized spacial score (nSPS) is 11.2. The number of hydrogen-bond acceptors (Lipinski definition) is 5. The van der Waals surface area contributed by atoms with E-state index in [1.807, 2.05) is 41.2 Å². The summed E-state index contributed by atoms with van der Waals surface area (Å²) in [5, 5.41) is 9.79. The Morgan fingerprint density at radius 3 is 2.57 bits per heavy atom. The number of Topliss-reactive ketones (excluding diaryl/α,β-unsaturated/α-hetero) is 1. The van der Waals surface area contributed by atoms with Crippen LogP contribution < -0.4 is 0 Å². The lowest BCUT2D eigenvalue weighted by molar-refractivity contribution is 0.102. The molecule has 0 aliphatic heterocycles. The van der Waals surface area contributed by atoms with Gasteiger partial charge in [0.05, 0.1) is 12.4 Å². The molecule has 1 aromatic carbocycles. The molecular weight excluding hydrogens is 419 g/mol. The van der Waals surface area contributed by atoms with Crippen LogP contribution in [0.4, 0.5) is 0 Å². The lowest BCUT2D eigenvalue weighted by Gasteiger charge is -2.11. The van der Waals surface area contributed by atoms with Crippen molar-refractivity contribution in [3.63, 3.8) is 0 Å². The summed E-state index contributed by atoms with van der Waals surface area (Å²) in [4.78, 5) is 12.8. The lowest BCUT2D eigenvalue weighted by Crippen LogP contribution is -2.08. The highest BCUT2D eigenvalue weighted by molar-refractivity contribution is 7.99. The number of halogens is 2. The molecule has 0 atom stereocenters. The fourth-order valence-electron chi connectivity index (χ4n) is 3.02. The molecule has 6 nitrogen and oxygen atoms in total. The zero-order valence-corrected chi connectivity index (χ0v) is 18.1. The molecule has 0 fully saturated rings. The first-order valence-corrected chi connectivity index (χ1v) is 10.3. The van der Waals surface area contributed by atoms with Gasteiger partial charge in [0.25, 0.3) is 0 Å². The molecule has 9 heteroatoms. The molecule has 0 saturated heterocycles. The molecule has 0 N–H and O–H groups in total. The van der Waals surface area contributed by atoms with Crippen molar-refractivity contribution < 1.29 is 9.53 Å². The number of methoxy groups -OCH3 is 1. The van der Waals surface area contributed by atoms with Gasteiger partial charge in [0.15, 0.2) is 10.9 Å². The van der Waals surface area contributed by atoms with E-state index in [0.29, 0.717) is 33.9 Å². The Morgan fingerprint density at radius 2 is 1.89 bits per heavy atom. The summed E-state index contributed by atoms with van der Waals surface area (Å²) in [7, 11) is 1.64. The van der Waals surface area contributed by atoms with Crippen molar-refractivity contribution in [3.05, 3.63) is 57.6 Å². The minimum absolute atomic E-state index is 0.0266. The third-order valence-corrected chi connectivity index (χ3v) is 5.70. The van der Waals surface area contributed by atoms with Crippen LogP contribution in [0.3, 0.4) is 0 Å². The summed E-state index contributed by atoms with van der Waals surface area (Å²) in [6, 6.07) is 7.23. The van der Waals surface area contributed by atoms with Crippen LogP contribution in [0.25, 0.3) is 5.69 Å². The fourth-order valence-corrected chi connectivity index (χ4v) is 4.36. The Morgan fingerprint density at radius 1 is 1.18 bits per heavy atom. The first-order valence-electron chi connectivity index (χ1n) is 8.59. The van der Waals surface area contributed by atoms with Crippen LogP contribution >= 0.6 is 35.0 Å². The molecule has 0 unspecified atom stereocenters. The topological polar surface area (TPSA) is 61.9 Å². The van der Waals surface area contributed by atoms with Crippen LogP contribution in [0.1, 0.15) is 21.7 Å². The van der Waals surface area contributed by atoms with Gasteiger partial charge in [-0.05, 0) is 38.1 Å². The molecule has 0 spiro atoms. The number of rotatable bonds is 8. The third kappa shape index (κ3) is 4.60. The molecule has 0 aliphatic carbocycles. The van der Waals surface area contributed by atoms with Crippen LogP contribution in [-0.2, 0) is 11.3 Å². The van der Waals surface area contributed by atoms with Crippen molar-refractivity contribution in [2.24, 2.45) is 0 Å². The second-order valence-electron chi connectivity index (χ2n) is 6.26. The molecule has 0 amide bonds. The Kier molecular flexibility index (Phi) is 6.82. The monoisotopic (exact) mass is 438 g/mol. The number of carbonyl (C=O) groups excluding carboxylic acids is 1. The van der Waals surface area contributed by atoms with Crippen molar-refractivity contribution in [3.8, 4) is 5.69 Å². The molecule has 3 aromatic rings. The van der Waals surface area contributed by atoms with Crippen LogP contribution in [0, 0.1) is 13.8 Å². The van der Waals surface area contributed by atoms with Gasteiger partial charge < -0.3 is 13.9 Å². The fraction of sp³-hybridized carbons (Fsp3) is 0.316. The second kappa shape index (κ2) is 9.13. The minimum atomic E-state index is 0.0266. The maximum absolute atomic E-state index is 12.8. The highest BCUT2D eigenvalue weighted by Gasteiger charge is 2.18. The molecule has 0 bridgehead atoms. The van der Waals surface area contributed by atoms with Crippen molar-refractivity contribution in [1.29, 1.82) is 0 Å². The van der Waals surface area contributed by atoms with E-state index in [-0.39, 0.29) is 11.5 Å². The molecular formula is C19H20Cl2N4O2S. The molecule has 0 radical (unpaired) electrons. The Hall–Kier alpha value is -1.80. The van der Waals surface area contributed by atoms with Gasteiger partial charge in [-0.15, -0.1) is 10.2 Å². The summed E-state index contributed by atoms with van der Waals surface area (Å²) < 4.78 is 8.94. The number of hydrogen-bond donors (Lipinski definition) is 0. The van der Waals surface area contributed by atoms with E-state index in [1.54, 1.807) is 19.5 Å². The van der Waals surface area contributed by atoms with Crippen LogP contribution in [0.2, 0.25) is 10.0 Å². The summed E-state index contributed by atoms with van der Waals surface area (Å²) in [6.07, 6.45) is 1.64. The van der Waals surface area contributed by atoms with Crippen molar-refractivity contribution in [2.75, 3.05) is 19.5 Å². The number of aryl methyl sites for hydroxylation is 1. The quantitative estimate of drug-likeness (QED) is 0.379. The molecule has 2 heterocycles. The van der Waals surface area contributed by atoms with Gasteiger partial charge in [-0.2, -0.15) is 0 Å². The van der Waals surface area contributed by atoms with Gasteiger partial charge >= 0.3 is 0 Å². The zero-order valence-electron chi connectivity index (χ0n) is 15.8. The predicted octanol–water partition coefficient (Wildman–Crippen LogP) is 4.61. The number of nitrogens with zero attached hydrogens (tertiary/aromatic N) is 4. The number of carbonyl (C=O) groups is 1. The predicted molar refractivity (Wildman–Crippen MR) is 112 cm³/mol. The van der Waals surface area contributed by atoms with Crippen LogP contribution in [0.5, 0.6) is 0 Å². The summed E-state index contributed by atoms with van der Waals surface area (Å²) in [6.45, 7) is 5.07. The third-order valence-electron chi connectivity index (χ3n) is 4.29. The maximum Gasteiger partial charge on any atom is 0.191 e. The van der Waals surface area contributed by atoms with Gasteiger partial charge in [0, 0.05) is 46.3 Å². The first kappa shape index (κ1) is 20.9. The lowest BCUT2D eigenvalue weighted by atomic mass is 10.2. The summed E-state index contributed by atoms with van der Waals surface area (Å²) >= 11 is 13.6. The van der Waals surface area contributed by atoms with Gasteiger partial charge in [-0.25, -0.2) is 0 Å². The van der Waals surface area contributed by atoms with E-state index in [4.69, 9.17) is 27.9 Å². The van der Waals surface area contributed by atoms with Crippen molar-refractivity contribution in [2.45, 2.75) is 25.5 Å². The maximum atomic E-state index is 12.8. The molecule has 0 aliphatic rings. The van der Waals surface area contributed by atoms with Crippen LogP contribution in [0.15, 0.2) is 35.7 Å². The van der Waals surface area contributed by atoms with Gasteiger partial charge in [-0.1, -0.05) is 35.0 Å². The average molecular weight is 439 g/mol. The molecule has 28 heavy (non-hydrogen) atoms. The molecule has 3 rings (SSSR count). The first-order chi connectivity index (χ1) is 13.4. The van der Waals surface area contributed by atoms with Crippen molar-refractivity contribution in [1.82, 2.24) is 19.3 Å². The number of ketones is 1. The van der Waals surface area contributed by atoms with E-state index >= 15 is 0 Å². The van der Waals surface area contributed by atoms with Crippen LogP contribution in [-0.4, -0.2) is 44.6 Å². The second-order valence-corrected chi connectivity index (χ2v) is 8.07. The van der Waals surface area contributed by atoms with E-state index in [2.05, 4.69) is 10.2 Å². The van der Waals surface area contributed by atoms with E-state index in [0.717, 1.165) is 17.1 Å². The Labute approximate surface area is 177 Å². The summed E-state index contributed by atoms with van der Waals surface area (Å²) in [5.41, 5.74) is 3.29. The zero-order chi connectivity index (χ0) is 20.3. The highest BCUT2D eigenvalue weighted by atomic mass is 35.5. The van der Waals surface area contributed by atoms with E-state index in [1.165, 1.54) is 11.8 Å². The number of aromatic nitrogens is 4. The molecule has 148 valence electrons. The summed E-state index contributed by atoms with van der Waals surface area (Å²) in [5.74, 6) is 0.297. The van der Waals surface area contributed by atoms with Gasteiger partial charge in [0.1, 0.15) is 6.33 Å². The minimum Gasteiger partial charge on any atom is -0.383 e. The SMILES string of the molecule is COCCn1cnnc1SCC(=O)c1cc(C)n(-c2cc(Cl)cc(Cl)c2)c1C. The Balaban J connectivity index is 1.79.